The smallest absolute Gasteiger partial charge is 0.250 e. The number of nitrogens with one attached hydrogen (secondary N) is 1. The highest BCUT2D eigenvalue weighted by Gasteiger charge is 2.22. The number of benzene rings is 1. The number of imidazole rings is 1. The highest BCUT2D eigenvalue weighted by atomic mass is 16.5. The van der Waals surface area contributed by atoms with Crippen LogP contribution in [0.1, 0.15) is 24.6 Å². The number of pyridine rings is 1. The number of nitrogens with zero attached hydrogens (tertiary/aromatic N) is 4. The molecule has 152 valence electrons. The van der Waals surface area contributed by atoms with Gasteiger partial charge in [0.2, 0.25) is 11.4 Å². The van der Waals surface area contributed by atoms with Crippen molar-refractivity contribution in [3.8, 4) is 22.8 Å². The second-order valence-corrected chi connectivity index (χ2v) is 7.36. The Hall–Kier alpha value is -3.52. The van der Waals surface area contributed by atoms with E-state index in [2.05, 4.69) is 15.0 Å². The van der Waals surface area contributed by atoms with Crippen LogP contribution in [0, 0.1) is 0 Å². The van der Waals surface area contributed by atoms with Gasteiger partial charge in [0.1, 0.15) is 17.7 Å². The summed E-state index contributed by atoms with van der Waals surface area (Å²) in [6.45, 7) is 1.49. The predicted octanol–water partition coefficient (Wildman–Crippen LogP) is 3.40. The predicted molar refractivity (Wildman–Crippen MR) is 112 cm³/mol. The second-order valence-electron chi connectivity index (χ2n) is 7.36. The normalized spacial score (nSPS) is 14.8. The van der Waals surface area contributed by atoms with E-state index in [9.17, 15) is 4.79 Å². The van der Waals surface area contributed by atoms with Gasteiger partial charge in [0, 0.05) is 61.8 Å². The third kappa shape index (κ3) is 3.46. The van der Waals surface area contributed by atoms with Gasteiger partial charge in [-0.2, -0.15) is 0 Å². The van der Waals surface area contributed by atoms with Gasteiger partial charge in [-0.1, -0.05) is 0 Å². The maximum absolute atomic E-state index is 11.9. The molecule has 8 heteroatoms. The molecule has 0 amide bonds. The van der Waals surface area contributed by atoms with Gasteiger partial charge >= 0.3 is 0 Å². The molecule has 0 radical (unpaired) electrons. The Kier molecular flexibility index (Phi) is 4.76. The van der Waals surface area contributed by atoms with Crippen molar-refractivity contribution in [2.24, 2.45) is 7.05 Å². The maximum Gasteiger partial charge on any atom is 0.250 e. The number of hydrogen-bond acceptors (Lipinski definition) is 6. The molecule has 1 aliphatic rings. The zero-order chi connectivity index (χ0) is 20.5. The summed E-state index contributed by atoms with van der Waals surface area (Å²) in [5.41, 5.74) is 3.26. The van der Waals surface area contributed by atoms with Crippen LogP contribution in [0.3, 0.4) is 0 Å². The zero-order valence-corrected chi connectivity index (χ0v) is 16.5. The molecular formula is C22H21N5O3. The number of aromatic nitrogens is 5. The maximum atomic E-state index is 11.9. The van der Waals surface area contributed by atoms with Crippen LogP contribution in [-0.2, 0) is 11.8 Å². The van der Waals surface area contributed by atoms with Gasteiger partial charge in [0.15, 0.2) is 5.75 Å². The first-order valence-corrected chi connectivity index (χ1v) is 9.90. The average Bonchev–Trinajstić information content (AvgIpc) is 3.22. The van der Waals surface area contributed by atoms with Crippen molar-refractivity contribution in [1.82, 2.24) is 24.5 Å². The lowest BCUT2D eigenvalue weighted by atomic mass is 10.00. The van der Waals surface area contributed by atoms with Crippen LogP contribution in [-0.4, -0.2) is 37.7 Å². The van der Waals surface area contributed by atoms with E-state index in [0.29, 0.717) is 17.5 Å². The lowest BCUT2D eigenvalue weighted by Crippen LogP contribution is -2.15. The SMILES string of the molecule is Cn1cc(-c2ccc3[nH]c(C4CCOCC4)nc3c2Oc2ccncn2)ccc1=O. The molecule has 5 rings (SSSR count). The number of H-pyrrole nitrogens is 1. The summed E-state index contributed by atoms with van der Waals surface area (Å²) in [5, 5.41) is 0. The third-order valence-electron chi connectivity index (χ3n) is 5.39. The topological polar surface area (TPSA) is 94.9 Å². The highest BCUT2D eigenvalue weighted by Crippen LogP contribution is 2.39. The summed E-state index contributed by atoms with van der Waals surface area (Å²) in [7, 11) is 1.73. The van der Waals surface area contributed by atoms with Crippen molar-refractivity contribution >= 4 is 11.0 Å². The summed E-state index contributed by atoms with van der Waals surface area (Å²) in [6.07, 6.45) is 6.75. The fourth-order valence-corrected chi connectivity index (χ4v) is 3.76. The number of hydrogen-bond donors (Lipinski definition) is 1. The lowest BCUT2D eigenvalue weighted by molar-refractivity contribution is 0.0838. The number of aryl methyl sites for hydroxylation is 1. The zero-order valence-electron chi connectivity index (χ0n) is 16.5. The van der Waals surface area contributed by atoms with E-state index < -0.39 is 0 Å². The van der Waals surface area contributed by atoms with Gasteiger partial charge in [-0.25, -0.2) is 15.0 Å². The highest BCUT2D eigenvalue weighted by molar-refractivity contribution is 5.91. The van der Waals surface area contributed by atoms with Crippen molar-refractivity contribution in [3.05, 3.63) is 65.2 Å². The summed E-state index contributed by atoms with van der Waals surface area (Å²) < 4.78 is 13.2. The first-order chi connectivity index (χ1) is 14.7. The first kappa shape index (κ1) is 18.5. The minimum Gasteiger partial charge on any atom is -0.436 e. The quantitative estimate of drug-likeness (QED) is 0.561. The van der Waals surface area contributed by atoms with Crippen molar-refractivity contribution < 1.29 is 9.47 Å². The number of fused-ring (bicyclic) bond motifs is 1. The van der Waals surface area contributed by atoms with Crippen LogP contribution < -0.4 is 10.3 Å². The summed E-state index contributed by atoms with van der Waals surface area (Å²) in [4.78, 5) is 28.4. The van der Waals surface area contributed by atoms with Crippen LogP contribution in [0.25, 0.3) is 22.2 Å². The molecule has 3 aromatic heterocycles. The van der Waals surface area contributed by atoms with E-state index in [1.54, 1.807) is 42.2 Å². The van der Waals surface area contributed by atoms with Gasteiger partial charge in [-0.05, 0) is 31.0 Å². The molecule has 0 atom stereocenters. The Morgan fingerprint density at radius 1 is 1.17 bits per heavy atom. The van der Waals surface area contributed by atoms with E-state index >= 15 is 0 Å². The summed E-state index contributed by atoms with van der Waals surface area (Å²) in [5.74, 6) is 2.30. The monoisotopic (exact) mass is 403 g/mol. The van der Waals surface area contributed by atoms with Gasteiger partial charge < -0.3 is 19.0 Å². The number of aromatic amines is 1. The molecule has 0 spiro atoms. The molecule has 4 heterocycles. The molecule has 0 saturated carbocycles. The summed E-state index contributed by atoms with van der Waals surface area (Å²) >= 11 is 0. The first-order valence-electron chi connectivity index (χ1n) is 9.90. The van der Waals surface area contributed by atoms with Gasteiger partial charge in [0.05, 0.1) is 5.52 Å². The Balaban J connectivity index is 1.67. The number of rotatable bonds is 4. The molecule has 1 fully saturated rings. The molecule has 0 unspecified atom stereocenters. The minimum atomic E-state index is -0.0698. The molecule has 0 bridgehead atoms. The van der Waals surface area contributed by atoms with Crippen molar-refractivity contribution in [2.45, 2.75) is 18.8 Å². The fourth-order valence-electron chi connectivity index (χ4n) is 3.76. The third-order valence-corrected chi connectivity index (χ3v) is 5.39. The summed E-state index contributed by atoms with van der Waals surface area (Å²) in [6, 6.07) is 9.02. The van der Waals surface area contributed by atoms with Crippen molar-refractivity contribution in [3.63, 3.8) is 0 Å². The van der Waals surface area contributed by atoms with Crippen LogP contribution >= 0.6 is 0 Å². The Morgan fingerprint density at radius 2 is 2.03 bits per heavy atom. The van der Waals surface area contributed by atoms with Gasteiger partial charge in [0.25, 0.3) is 0 Å². The van der Waals surface area contributed by atoms with E-state index in [-0.39, 0.29) is 5.56 Å². The molecule has 30 heavy (non-hydrogen) atoms. The van der Waals surface area contributed by atoms with Gasteiger partial charge in [-0.3, -0.25) is 4.79 Å². The molecule has 1 aromatic carbocycles. The minimum absolute atomic E-state index is 0.0698. The molecule has 1 N–H and O–H groups in total. The van der Waals surface area contributed by atoms with E-state index in [1.165, 1.54) is 6.33 Å². The Morgan fingerprint density at radius 3 is 2.80 bits per heavy atom. The Labute approximate surface area is 172 Å². The molecule has 0 aliphatic carbocycles. The fraction of sp³-hybridized carbons (Fsp3) is 0.273. The van der Waals surface area contributed by atoms with Crippen LogP contribution in [0.4, 0.5) is 0 Å². The number of ether oxygens (including phenoxy) is 2. The van der Waals surface area contributed by atoms with Crippen LogP contribution in [0.2, 0.25) is 0 Å². The Bertz CT molecular complexity index is 1240. The standard InChI is InChI=1S/C22H21N5O3/c1-27-12-15(2-5-19(27)28)16-3-4-17-20(21(16)30-18-6-9-23-13-24-18)26-22(25-17)14-7-10-29-11-8-14/h2-6,9,12-14H,7-8,10-11H2,1H3,(H,25,26). The molecular weight excluding hydrogens is 382 g/mol. The van der Waals surface area contributed by atoms with E-state index in [0.717, 1.165) is 54.0 Å². The van der Waals surface area contributed by atoms with E-state index in [4.69, 9.17) is 14.5 Å². The van der Waals surface area contributed by atoms with Crippen molar-refractivity contribution in [1.29, 1.82) is 0 Å². The molecule has 4 aromatic rings. The molecule has 8 nitrogen and oxygen atoms in total. The van der Waals surface area contributed by atoms with E-state index in [1.807, 2.05) is 12.1 Å². The lowest BCUT2D eigenvalue weighted by Gasteiger charge is -2.19. The van der Waals surface area contributed by atoms with Crippen LogP contribution in [0.15, 0.2) is 53.8 Å². The average molecular weight is 403 g/mol. The van der Waals surface area contributed by atoms with Crippen molar-refractivity contribution in [2.75, 3.05) is 13.2 Å². The largest absolute Gasteiger partial charge is 0.436 e. The second kappa shape index (κ2) is 7.72. The molecule has 1 aliphatic heterocycles. The van der Waals surface area contributed by atoms with Crippen LogP contribution in [0.5, 0.6) is 11.6 Å². The molecule has 1 saturated heterocycles. The van der Waals surface area contributed by atoms with Gasteiger partial charge in [-0.15, -0.1) is 0 Å².